The minimum atomic E-state index is 0.658. The third-order valence-corrected chi connectivity index (χ3v) is 5.08. The molecule has 0 bridgehead atoms. The Morgan fingerprint density at radius 1 is 0.600 bits per heavy atom. The van der Waals surface area contributed by atoms with E-state index in [2.05, 4.69) is 66.7 Å². The summed E-state index contributed by atoms with van der Waals surface area (Å²) in [7, 11) is 0. The maximum Gasteiger partial charge on any atom is 0.0436 e. The molecule has 0 spiro atoms. The van der Waals surface area contributed by atoms with Gasteiger partial charge in [0.1, 0.15) is 0 Å². The van der Waals surface area contributed by atoms with E-state index in [1.165, 1.54) is 37.9 Å². The van der Waals surface area contributed by atoms with Gasteiger partial charge in [0.2, 0.25) is 0 Å². The maximum absolute atomic E-state index is 8.68. The van der Waals surface area contributed by atoms with Crippen molar-refractivity contribution < 1.29 is 0 Å². The SMILES string of the molecule is N=C(Cc1ccccc1)c1ccc2ccc3cccc4ccc1c2c34. The van der Waals surface area contributed by atoms with Gasteiger partial charge in [-0.1, -0.05) is 84.9 Å². The van der Waals surface area contributed by atoms with Gasteiger partial charge in [-0.2, -0.15) is 0 Å². The highest BCUT2D eigenvalue weighted by atomic mass is 14.4. The lowest BCUT2D eigenvalue weighted by Gasteiger charge is -2.14. The van der Waals surface area contributed by atoms with Crippen LogP contribution in [-0.4, -0.2) is 5.71 Å². The maximum atomic E-state index is 8.68. The van der Waals surface area contributed by atoms with E-state index in [0.717, 1.165) is 5.56 Å². The number of rotatable bonds is 3. The van der Waals surface area contributed by atoms with Gasteiger partial charge in [0.15, 0.2) is 0 Å². The molecule has 0 unspecified atom stereocenters. The van der Waals surface area contributed by atoms with Crippen molar-refractivity contribution in [2.45, 2.75) is 6.42 Å². The first-order chi connectivity index (χ1) is 12.3. The number of hydrogen-bond donors (Lipinski definition) is 1. The second-order valence-corrected chi connectivity index (χ2v) is 6.61. The fourth-order valence-corrected chi connectivity index (χ4v) is 3.89. The summed E-state index contributed by atoms with van der Waals surface area (Å²) < 4.78 is 0. The van der Waals surface area contributed by atoms with Gasteiger partial charge < -0.3 is 5.41 Å². The van der Waals surface area contributed by atoms with Crippen molar-refractivity contribution in [1.29, 1.82) is 5.41 Å². The molecular formula is C24H17N. The molecule has 0 atom stereocenters. The van der Waals surface area contributed by atoms with Gasteiger partial charge in [0, 0.05) is 17.7 Å². The van der Waals surface area contributed by atoms with Gasteiger partial charge in [0.25, 0.3) is 0 Å². The summed E-state index contributed by atoms with van der Waals surface area (Å²) in [5.74, 6) is 0. The first-order valence-electron chi connectivity index (χ1n) is 8.59. The van der Waals surface area contributed by atoms with Crippen LogP contribution in [0.2, 0.25) is 0 Å². The third kappa shape index (κ3) is 2.20. The van der Waals surface area contributed by atoms with Gasteiger partial charge in [-0.05, 0) is 37.9 Å². The molecule has 0 heterocycles. The summed E-state index contributed by atoms with van der Waals surface area (Å²) >= 11 is 0. The van der Waals surface area contributed by atoms with Crippen molar-refractivity contribution in [3.8, 4) is 0 Å². The highest BCUT2D eigenvalue weighted by Gasteiger charge is 2.13. The van der Waals surface area contributed by atoms with Gasteiger partial charge in [-0.15, -0.1) is 0 Å². The Balaban J connectivity index is 1.75. The summed E-state index contributed by atoms with van der Waals surface area (Å²) in [5, 5.41) is 16.2. The van der Waals surface area contributed by atoms with Gasteiger partial charge in [0.05, 0.1) is 0 Å². The normalized spacial score (nSPS) is 11.5. The van der Waals surface area contributed by atoms with E-state index in [4.69, 9.17) is 5.41 Å². The Morgan fingerprint density at radius 3 is 2.00 bits per heavy atom. The Bertz CT molecular complexity index is 1200. The van der Waals surface area contributed by atoms with Gasteiger partial charge >= 0.3 is 0 Å². The highest BCUT2D eigenvalue weighted by molar-refractivity contribution is 6.26. The number of nitrogens with one attached hydrogen (secondary N) is 1. The molecule has 1 heteroatoms. The fourth-order valence-electron chi connectivity index (χ4n) is 3.89. The van der Waals surface area contributed by atoms with E-state index in [0.29, 0.717) is 12.1 Å². The molecule has 0 saturated carbocycles. The van der Waals surface area contributed by atoms with Crippen LogP contribution in [0.4, 0.5) is 0 Å². The lowest BCUT2D eigenvalue weighted by Crippen LogP contribution is -2.04. The lowest BCUT2D eigenvalue weighted by molar-refractivity contribution is 1.28. The van der Waals surface area contributed by atoms with Crippen molar-refractivity contribution in [3.05, 3.63) is 96.1 Å². The highest BCUT2D eigenvalue weighted by Crippen LogP contribution is 2.36. The molecule has 5 aromatic rings. The molecule has 0 aromatic heterocycles. The van der Waals surface area contributed by atoms with Crippen molar-refractivity contribution in [1.82, 2.24) is 0 Å². The fraction of sp³-hybridized carbons (Fsp3) is 0.0417. The van der Waals surface area contributed by atoms with Crippen LogP contribution < -0.4 is 0 Å². The Morgan fingerprint density at radius 2 is 1.24 bits per heavy atom. The second kappa shape index (κ2) is 5.42. The van der Waals surface area contributed by atoms with E-state index in [-0.39, 0.29) is 0 Å². The van der Waals surface area contributed by atoms with E-state index in [1.807, 2.05) is 18.2 Å². The number of benzene rings is 5. The Hall–Kier alpha value is -3.19. The topological polar surface area (TPSA) is 23.9 Å². The molecule has 1 N–H and O–H groups in total. The molecule has 0 aliphatic carbocycles. The molecule has 0 amide bonds. The molecule has 0 fully saturated rings. The monoisotopic (exact) mass is 319 g/mol. The zero-order valence-corrected chi connectivity index (χ0v) is 13.8. The van der Waals surface area contributed by atoms with Crippen LogP contribution in [0.1, 0.15) is 11.1 Å². The summed E-state index contributed by atoms with van der Waals surface area (Å²) in [4.78, 5) is 0. The predicted octanol–water partition coefficient (Wildman–Crippen LogP) is 6.19. The van der Waals surface area contributed by atoms with Crippen molar-refractivity contribution in [3.63, 3.8) is 0 Å². The molecule has 0 aliphatic heterocycles. The van der Waals surface area contributed by atoms with Crippen molar-refractivity contribution >= 4 is 38.0 Å². The summed E-state index contributed by atoms with van der Waals surface area (Å²) in [6.45, 7) is 0. The Labute approximate surface area is 146 Å². The van der Waals surface area contributed by atoms with Crippen LogP contribution in [-0.2, 0) is 6.42 Å². The van der Waals surface area contributed by atoms with Crippen LogP contribution in [0.15, 0.2) is 84.9 Å². The Kier molecular flexibility index (Phi) is 3.07. The molecule has 0 saturated heterocycles. The molecular weight excluding hydrogens is 302 g/mol. The van der Waals surface area contributed by atoms with Crippen molar-refractivity contribution in [2.24, 2.45) is 0 Å². The molecule has 0 aliphatic rings. The van der Waals surface area contributed by atoms with Crippen LogP contribution in [0.5, 0.6) is 0 Å². The smallest absolute Gasteiger partial charge is 0.0436 e. The molecule has 25 heavy (non-hydrogen) atoms. The minimum absolute atomic E-state index is 0.658. The lowest BCUT2D eigenvalue weighted by atomic mass is 9.89. The van der Waals surface area contributed by atoms with Crippen LogP contribution >= 0.6 is 0 Å². The van der Waals surface area contributed by atoms with Crippen LogP contribution in [0.25, 0.3) is 32.3 Å². The largest absolute Gasteiger partial charge is 0.304 e. The van der Waals surface area contributed by atoms with Crippen molar-refractivity contribution in [2.75, 3.05) is 0 Å². The van der Waals surface area contributed by atoms with E-state index >= 15 is 0 Å². The second-order valence-electron chi connectivity index (χ2n) is 6.61. The van der Waals surface area contributed by atoms with E-state index < -0.39 is 0 Å². The molecule has 5 rings (SSSR count). The number of hydrogen-bond acceptors (Lipinski definition) is 1. The quantitative estimate of drug-likeness (QED) is 0.303. The predicted molar refractivity (Wildman–Crippen MR) is 107 cm³/mol. The summed E-state index contributed by atoms with van der Waals surface area (Å²) in [6.07, 6.45) is 0.658. The summed E-state index contributed by atoms with van der Waals surface area (Å²) in [5.41, 5.74) is 2.89. The minimum Gasteiger partial charge on any atom is -0.304 e. The van der Waals surface area contributed by atoms with Crippen LogP contribution in [0, 0.1) is 5.41 Å². The average molecular weight is 319 g/mol. The van der Waals surface area contributed by atoms with E-state index in [1.54, 1.807) is 0 Å². The van der Waals surface area contributed by atoms with Crippen LogP contribution in [0.3, 0.4) is 0 Å². The zero-order chi connectivity index (χ0) is 16.8. The molecule has 118 valence electrons. The summed E-state index contributed by atoms with van der Waals surface area (Å²) in [6, 6.07) is 29.7. The average Bonchev–Trinajstić information content (AvgIpc) is 2.67. The van der Waals surface area contributed by atoms with Gasteiger partial charge in [-0.3, -0.25) is 0 Å². The van der Waals surface area contributed by atoms with E-state index in [9.17, 15) is 0 Å². The molecule has 5 aromatic carbocycles. The third-order valence-electron chi connectivity index (χ3n) is 5.08. The zero-order valence-electron chi connectivity index (χ0n) is 13.8. The first kappa shape index (κ1) is 14.2. The molecule has 1 nitrogen and oxygen atoms in total. The molecule has 0 radical (unpaired) electrons. The first-order valence-corrected chi connectivity index (χ1v) is 8.59. The van der Waals surface area contributed by atoms with Gasteiger partial charge in [-0.25, -0.2) is 0 Å². The standard InChI is InChI=1S/C24H17N/c25-22(15-16-5-2-1-3-6-16)20-13-11-19-10-9-17-7-4-8-18-12-14-21(20)24(19)23(17)18/h1-14,25H,15H2.